The maximum Gasteiger partial charge on any atom is 0.117 e. The van der Waals surface area contributed by atoms with Gasteiger partial charge in [-0.1, -0.05) is 53.7 Å². The molecule has 0 spiro atoms. The second-order valence-corrected chi connectivity index (χ2v) is 5.97. The van der Waals surface area contributed by atoms with Gasteiger partial charge in [-0.25, -0.2) is 9.97 Å². The van der Waals surface area contributed by atoms with E-state index in [4.69, 9.17) is 17.3 Å². The molecule has 0 aliphatic rings. The van der Waals surface area contributed by atoms with Crippen LogP contribution in [0.25, 0.3) is 10.9 Å². The highest BCUT2D eigenvalue weighted by molar-refractivity contribution is 7.99. The molecule has 0 aliphatic heterocycles. The fourth-order valence-corrected chi connectivity index (χ4v) is 3.53. The molecule has 2 N–H and O–H groups in total. The Kier molecular flexibility index (Phi) is 4.39. The molecule has 0 atom stereocenters. The summed E-state index contributed by atoms with van der Waals surface area (Å²) < 4.78 is 0. The standard InChI is InChI=1S/C16H14ClN3S/c17-13-6-3-4-11(8-9-18)15(13)21-16-12-5-1-2-7-14(12)19-10-20-16/h1-7,10H,8-9,18H2. The summed E-state index contributed by atoms with van der Waals surface area (Å²) in [5.74, 6) is 0. The van der Waals surface area contributed by atoms with E-state index in [1.807, 2.05) is 36.4 Å². The van der Waals surface area contributed by atoms with E-state index in [1.165, 1.54) is 0 Å². The molecule has 0 fully saturated rings. The van der Waals surface area contributed by atoms with Gasteiger partial charge in [0.05, 0.1) is 10.5 Å². The molecular weight excluding hydrogens is 302 g/mol. The molecule has 2 aromatic carbocycles. The lowest BCUT2D eigenvalue weighted by atomic mass is 10.1. The van der Waals surface area contributed by atoms with Crippen molar-refractivity contribution in [2.45, 2.75) is 16.3 Å². The van der Waals surface area contributed by atoms with Crippen LogP contribution in [0.4, 0.5) is 0 Å². The predicted octanol–water partition coefficient (Wildman–Crippen LogP) is 3.94. The summed E-state index contributed by atoms with van der Waals surface area (Å²) in [4.78, 5) is 9.72. The van der Waals surface area contributed by atoms with Crippen molar-refractivity contribution in [3.05, 3.63) is 59.4 Å². The first kappa shape index (κ1) is 14.3. The van der Waals surface area contributed by atoms with E-state index in [-0.39, 0.29) is 0 Å². The third-order valence-corrected chi connectivity index (χ3v) is 4.80. The number of rotatable bonds is 4. The topological polar surface area (TPSA) is 51.8 Å². The second kappa shape index (κ2) is 6.43. The highest BCUT2D eigenvalue weighted by Gasteiger charge is 2.11. The van der Waals surface area contributed by atoms with Gasteiger partial charge in [0.2, 0.25) is 0 Å². The Morgan fingerprint density at radius 2 is 1.90 bits per heavy atom. The minimum atomic E-state index is 0.596. The zero-order valence-corrected chi connectivity index (χ0v) is 12.9. The molecule has 3 aromatic rings. The lowest BCUT2D eigenvalue weighted by molar-refractivity contribution is 0.943. The van der Waals surface area contributed by atoms with Crippen LogP contribution in [-0.4, -0.2) is 16.5 Å². The SMILES string of the molecule is NCCc1cccc(Cl)c1Sc1ncnc2ccccc12. The summed E-state index contributed by atoms with van der Waals surface area (Å²) in [7, 11) is 0. The van der Waals surface area contributed by atoms with Crippen LogP contribution in [0, 0.1) is 0 Å². The van der Waals surface area contributed by atoms with Crippen LogP contribution >= 0.6 is 23.4 Å². The maximum absolute atomic E-state index is 6.36. The van der Waals surface area contributed by atoms with Gasteiger partial charge < -0.3 is 5.73 Å². The molecule has 0 bridgehead atoms. The van der Waals surface area contributed by atoms with E-state index >= 15 is 0 Å². The van der Waals surface area contributed by atoms with Crippen LogP contribution in [-0.2, 0) is 6.42 Å². The molecule has 0 saturated carbocycles. The van der Waals surface area contributed by atoms with Crippen molar-refractivity contribution in [2.75, 3.05) is 6.54 Å². The van der Waals surface area contributed by atoms with Gasteiger partial charge in [0.1, 0.15) is 11.4 Å². The Morgan fingerprint density at radius 3 is 2.76 bits per heavy atom. The van der Waals surface area contributed by atoms with Gasteiger partial charge in [0.25, 0.3) is 0 Å². The molecule has 0 aliphatic carbocycles. The maximum atomic E-state index is 6.36. The largest absolute Gasteiger partial charge is 0.330 e. The first-order valence-electron chi connectivity index (χ1n) is 6.64. The number of fused-ring (bicyclic) bond motifs is 1. The van der Waals surface area contributed by atoms with Crippen molar-refractivity contribution in [1.82, 2.24) is 9.97 Å². The van der Waals surface area contributed by atoms with Gasteiger partial charge in [-0.05, 0) is 30.7 Å². The van der Waals surface area contributed by atoms with Gasteiger partial charge >= 0.3 is 0 Å². The number of nitrogens with two attached hydrogens (primary N) is 1. The van der Waals surface area contributed by atoms with Crippen molar-refractivity contribution in [2.24, 2.45) is 5.73 Å². The summed E-state index contributed by atoms with van der Waals surface area (Å²) in [6, 6.07) is 13.9. The van der Waals surface area contributed by atoms with Gasteiger partial charge in [-0.3, -0.25) is 0 Å². The van der Waals surface area contributed by atoms with Crippen LogP contribution < -0.4 is 5.73 Å². The van der Waals surface area contributed by atoms with Crippen LogP contribution in [0.1, 0.15) is 5.56 Å². The van der Waals surface area contributed by atoms with Crippen molar-refractivity contribution in [1.29, 1.82) is 0 Å². The number of benzene rings is 2. The molecule has 1 heterocycles. The molecule has 21 heavy (non-hydrogen) atoms. The quantitative estimate of drug-likeness (QED) is 0.741. The molecule has 0 unspecified atom stereocenters. The average molecular weight is 316 g/mol. The zero-order chi connectivity index (χ0) is 14.7. The first-order chi connectivity index (χ1) is 10.3. The summed E-state index contributed by atoms with van der Waals surface area (Å²) in [5, 5.41) is 2.67. The molecule has 5 heteroatoms. The van der Waals surface area contributed by atoms with Crippen molar-refractivity contribution in [3.63, 3.8) is 0 Å². The highest BCUT2D eigenvalue weighted by atomic mass is 35.5. The van der Waals surface area contributed by atoms with Crippen LogP contribution in [0.2, 0.25) is 5.02 Å². The highest BCUT2D eigenvalue weighted by Crippen LogP contribution is 2.37. The van der Waals surface area contributed by atoms with E-state index in [2.05, 4.69) is 16.0 Å². The summed E-state index contributed by atoms with van der Waals surface area (Å²) in [6.45, 7) is 0.596. The molecular formula is C16H14ClN3S. The predicted molar refractivity (Wildman–Crippen MR) is 87.9 cm³/mol. The fraction of sp³-hybridized carbons (Fsp3) is 0.125. The number of halogens is 1. The van der Waals surface area contributed by atoms with E-state index in [0.29, 0.717) is 6.54 Å². The number of para-hydroxylation sites is 1. The van der Waals surface area contributed by atoms with E-state index < -0.39 is 0 Å². The molecule has 106 valence electrons. The number of hydrogen-bond donors (Lipinski definition) is 1. The molecule has 3 nitrogen and oxygen atoms in total. The molecule has 0 saturated heterocycles. The van der Waals surface area contributed by atoms with E-state index in [0.717, 1.165) is 37.8 Å². The Bertz CT molecular complexity index is 771. The van der Waals surface area contributed by atoms with Gasteiger partial charge in [0.15, 0.2) is 0 Å². The van der Waals surface area contributed by atoms with Crippen molar-refractivity contribution < 1.29 is 0 Å². The summed E-state index contributed by atoms with van der Waals surface area (Å²) in [6.07, 6.45) is 2.38. The second-order valence-electron chi connectivity index (χ2n) is 4.56. The number of aromatic nitrogens is 2. The Balaban J connectivity index is 2.07. The summed E-state index contributed by atoms with van der Waals surface area (Å²) >= 11 is 7.93. The lowest BCUT2D eigenvalue weighted by Crippen LogP contribution is -2.04. The smallest absolute Gasteiger partial charge is 0.117 e. The first-order valence-corrected chi connectivity index (χ1v) is 7.84. The van der Waals surface area contributed by atoms with E-state index in [9.17, 15) is 0 Å². The normalized spacial score (nSPS) is 11.0. The Labute approximate surface area is 132 Å². The summed E-state index contributed by atoms with van der Waals surface area (Å²) in [5.41, 5.74) is 7.77. The van der Waals surface area contributed by atoms with Crippen LogP contribution in [0.5, 0.6) is 0 Å². The molecule has 0 amide bonds. The third-order valence-electron chi connectivity index (χ3n) is 3.17. The molecule has 1 aromatic heterocycles. The third kappa shape index (κ3) is 3.02. The Hall–Kier alpha value is -1.62. The number of hydrogen-bond acceptors (Lipinski definition) is 4. The van der Waals surface area contributed by atoms with Gasteiger partial charge in [-0.2, -0.15) is 0 Å². The zero-order valence-electron chi connectivity index (χ0n) is 11.3. The number of nitrogens with zero attached hydrogens (tertiary/aromatic N) is 2. The minimum Gasteiger partial charge on any atom is -0.330 e. The molecule has 0 radical (unpaired) electrons. The minimum absolute atomic E-state index is 0.596. The lowest BCUT2D eigenvalue weighted by Gasteiger charge is -2.11. The average Bonchev–Trinajstić information content (AvgIpc) is 2.51. The van der Waals surface area contributed by atoms with Gasteiger partial charge in [-0.15, -0.1) is 0 Å². The fourth-order valence-electron chi connectivity index (χ4n) is 2.18. The van der Waals surface area contributed by atoms with Crippen molar-refractivity contribution in [3.8, 4) is 0 Å². The monoisotopic (exact) mass is 315 g/mol. The Morgan fingerprint density at radius 1 is 1.05 bits per heavy atom. The van der Waals surface area contributed by atoms with Crippen LogP contribution in [0.3, 0.4) is 0 Å². The van der Waals surface area contributed by atoms with E-state index in [1.54, 1.807) is 18.1 Å². The molecule has 3 rings (SSSR count). The van der Waals surface area contributed by atoms with Crippen molar-refractivity contribution >= 4 is 34.3 Å². The van der Waals surface area contributed by atoms with Crippen LogP contribution in [0.15, 0.2) is 58.7 Å². The van der Waals surface area contributed by atoms with Gasteiger partial charge in [0, 0.05) is 10.3 Å².